The summed E-state index contributed by atoms with van der Waals surface area (Å²) in [6.45, 7) is 0. The fourth-order valence-electron chi connectivity index (χ4n) is 1.78. The molecule has 0 N–H and O–H groups in total. The molecule has 5 heteroatoms. The van der Waals surface area contributed by atoms with Gasteiger partial charge in [-0.15, -0.1) is 34.8 Å². The summed E-state index contributed by atoms with van der Waals surface area (Å²) in [6.07, 6.45) is 9.86. The average Bonchev–Trinajstić information content (AvgIpc) is 2.32. The molecule has 0 amide bonds. The van der Waals surface area contributed by atoms with Crippen LogP contribution in [0.5, 0.6) is 0 Å². The van der Waals surface area contributed by atoms with Gasteiger partial charge in [-0.05, 0) is 18.9 Å². The minimum absolute atomic E-state index is 0.0876. The van der Waals surface area contributed by atoms with E-state index in [1.165, 1.54) is 38.5 Å². The Morgan fingerprint density at radius 3 is 1.82 bits per heavy atom. The molecule has 0 spiro atoms. The number of halogens is 4. The minimum Gasteiger partial charge on any atom is -0.176 e. The molecule has 0 saturated carbocycles. The third-order valence-corrected chi connectivity index (χ3v) is 6.19. The first-order valence-electron chi connectivity index (χ1n) is 6.62. The van der Waals surface area contributed by atoms with Gasteiger partial charge in [0.15, 0.2) is 0 Å². The van der Waals surface area contributed by atoms with Crippen molar-refractivity contribution in [1.29, 1.82) is 0 Å². The summed E-state index contributed by atoms with van der Waals surface area (Å²) < 4.78 is 0. The van der Waals surface area contributed by atoms with E-state index in [0.29, 0.717) is 0 Å². The van der Waals surface area contributed by atoms with Crippen LogP contribution in [0.1, 0.15) is 51.4 Å². The van der Waals surface area contributed by atoms with Crippen LogP contribution in [0.15, 0.2) is 0 Å². The Hall–Kier alpha value is 1.38. The summed E-state index contributed by atoms with van der Waals surface area (Å²) in [5, 5.41) is 0.198. The van der Waals surface area contributed by atoms with Crippen LogP contribution in [0, 0.1) is 0 Å². The van der Waals surface area contributed by atoms with E-state index in [1.807, 2.05) is 0 Å². The van der Waals surface area contributed by atoms with Gasteiger partial charge < -0.3 is 0 Å². The van der Waals surface area contributed by atoms with Crippen molar-refractivity contribution in [2.75, 3.05) is 5.88 Å². The smallest absolute Gasteiger partial charge is 0.126 e. The van der Waals surface area contributed by atoms with Gasteiger partial charge in [-0.2, -0.15) is 11.1 Å². The normalized spacial score (nSPS) is 15.5. The summed E-state index contributed by atoms with van der Waals surface area (Å²) in [4.78, 5) is 0. The van der Waals surface area contributed by atoms with Gasteiger partial charge in [0.2, 0.25) is 0 Å². The molecule has 0 aliphatic heterocycles. The zero-order chi connectivity index (χ0) is 12.9. The second kappa shape index (κ2) is 13.8. The molecule has 0 nitrogen and oxygen atoms in total. The van der Waals surface area contributed by atoms with Crippen LogP contribution < -0.4 is 0 Å². The van der Waals surface area contributed by atoms with Gasteiger partial charge >= 0.3 is 0 Å². The monoisotopic (exact) mass is 336 g/mol. The van der Waals surface area contributed by atoms with E-state index in [0.717, 1.165) is 24.8 Å². The Balaban J connectivity index is 3.21. The van der Waals surface area contributed by atoms with Crippen molar-refractivity contribution in [3.8, 4) is 0 Å². The second-order valence-electron chi connectivity index (χ2n) is 4.46. The zero-order valence-corrected chi connectivity index (χ0v) is 14.9. The standard InChI is InChI=1S/C12H24Cl4Si/c13-9-7-5-3-1-2-4-6-8-11(14)12(15)10-17-16/h11-12H,1-10,17H2. The molecule has 0 radical (unpaired) electrons. The third kappa shape index (κ3) is 12.2. The van der Waals surface area contributed by atoms with E-state index >= 15 is 0 Å². The van der Waals surface area contributed by atoms with Crippen LogP contribution in [0.3, 0.4) is 0 Å². The quantitative estimate of drug-likeness (QED) is 0.196. The van der Waals surface area contributed by atoms with Crippen molar-refractivity contribution >= 4 is 54.7 Å². The van der Waals surface area contributed by atoms with Gasteiger partial charge in [0.25, 0.3) is 0 Å². The van der Waals surface area contributed by atoms with Crippen LogP contribution >= 0.6 is 45.9 Å². The fraction of sp³-hybridized carbons (Fsp3) is 1.00. The highest BCUT2D eigenvalue weighted by atomic mass is 35.6. The van der Waals surface area contributed by atoms with E-state index in [2.05, 4.69) is 0 Å². The van der Waals surface area contributed by atoms with E-state index in [-0.39, 0.29) is 10.8 Å². The Kier molecular flexibility index (Phi) is 14.9. The molecule has 0 aliphatic carbocycles. The summed E-state index contributed by atoms with van der Waals surface area (Å²) in [7, 11) is -0.476. The fourth-order valence-corrected chi connectivity index (χ4v) is 4.57. The summed E-state index contributed by atoms with van der Waals surface area (Å²) in [5.41, 5.74) is 0. The van der Waals surface area contributed by atoms with Crippen molar-refractivity contribution in [2.24, 2.45) is 0 Å². The highest BCUT2D eigenvalue weighted by Gasteiger charge is 2.15. The number of hydrogen-bond donors (Lipinski definition) is 0. The van der Waals surface area contributed by atoms with Gasteiger partial charge in [0, 0.05) is 16.6 Å². The third-order valence-electron chi connectivity index (χ3n) is 2.89. The first-order valence-corrected chi connectivity index (χ1v) is 11.2. The first kappa shape index (κ1) is 18.4. The zero-order valence-electron chi connectivity index (χ0n) is 10.4. The summed E-state index contributed by atoms with van der Waals surface area (Å²) >= 11 is 23.7. The van der Waals surface area contributed by atoms with E-state index in [1.54, 1.807) is 0 Å². The van der Waals surface area contributed by atoms with Crippen molar-refractivity contribution in [1.82, 2.24) is 0 Å². The number of hydrogen-bond acceptors (Lipinski definition) is 0. The average molecular weight is 338 g/mol. The molecule has 0 aromatic rings. The Labute approximate surface area is 128 Å². The maximum atomic E-state index is 6.21. The molecule has 0 rings (SSSR count). The van der Waals surface area contributed by atoms with Crippen LogP contribution in [-0.4, -0.2) is 25.5 Å². The Bertz CT molecular complexity index is 157. The van der Waals surface area contributed by atoms with Gasteiger partial charge in [-0.3, -0.25) is 0 Å². The van der Waals surface area contributed by atoms with E-state index < -0.39 is 8.83 Å². The molecular formula is C12H24Cl4Si. The van der Waals surface area contributed by atoms with Crippen LogP contribution in [0.4, 0.5) is 0 Å². The van der Waals surface area contributed by atoms with Crippen LogP contribution in [0.25, 0.3) is 0 Å². The molecule has 0 aromatic carbocycles. The molecule has 0 aromatic heterocycles. The number of alkyl halides is 3. The van der Waals surface area contributed by atoms with Crippen molar-refractivity contribution < 1.29 is 0 Å². The largest absolute Gasteiger partial charge is 0.176 e. The van der Waals surface area contributed by atoms with Crippen LogP contribution in [-0.2, 0) is 0 Å². The lowest BCUT2D eigenvalue weighted by atomic mass is 10.1. The first-order chi connectivity index (χ1) is 8.22. The van der Waals surface area contributed by atoms with Gasteiger partial charge in [-0.1, -0.05) is 38.5 Å². The highest BCUT2D eigenvalue weighted by Crippen LogP contribution is 2.21. The molecule has 0 aliphatic rings. The summed E-state index contributed by atoms with van der Waals surface area (Å²) in [6, 6.07) is 0.940. The maximum absolute atomic E-state index is 6.21. The molecule has 104 valence electrons. The molecule has 0 saturated heterocycles. The molecule has 2 unspecified atom stereocenters. The Morgan fingerprint density at radius 2 is 1.29 bits per heavy atom. The number of unbranched alkanes of at least 4 members (excludes halogenated alkanes) is 6. The van der Waals surface area contributed by atoms with E-state index in [9.17, 15) is 0 Å². The van der Waals surface area contributed by atoms with Crippen molar-refractivity contribution in [2.45, 2.75) is 68.2 Å². The van der Waals surface area contributed by atoms with Gasteiger partial charge in [0.1, 0.15) is 8.83 Å². The summed E-state index contributed by atoms with van der Waals surface area (Å²) in [5.74, 6) is 0.801. The molecule has 0 bridgehead atoms. The molecule has 0 heterocycles. The van der Waals surface area contributed by atoms with Crippen molar-refractivity contribution in [3.05, 3.63) is 0 Å². The topological polar surface area (TPSA) is 0 Å². The SMILES string of the molecule is ClCCCCCCCCCC(Cl)C(Cl)C[SiH2]Cl. The Morgan fingerprint density at radius 1 is 0.765 bits per heavy atom. The predicted octanol–water partition coefficient (Wildman–Crippen LogP) is 5.30. The lowest BCUT2D eigenvalue weighted by Crippen LogP contribution is -2.15. The van der Waals surface area contributed by atoms with Gasteiger partial charge in [0.05, 0.1) is 0 Å². The minimum atomic E-state index is -0.476. The second-order valence-corrected chi connectivity index (χ2v) is 8.05. The van der Waals surface area contributed by atoms with E-state index in [4.69, 9.17) is 45.9 Å². The lowest BCUT2D eigenvalue weighted by Gasteiger charge is -2.14. The molecule has 0 fully saturated rings. The van der Waals surface area contributed by atoms with Crippen LogP contribution in [0.2, 0.25) is 6.04 Å². The van der Waals surface area contributed by atoms with Gasteiger partial charge in [-0.25, -0.2) is 0 Å². The molecule has 17 heavy (non-hydrogen) atoms. The highest BCUT2D eigenvalue weighted by molar-refractivity contribution is 6.94. The molecular weight excluding hydrogens is 314 g/mol. The predicted molar refractivity (Wildman–Crippen MR) is 86.1 cm³/mol. The maximum Gasteiger partial charge on any atom is 0.126 e. The molecule has 2 atom stereocenters. The number of rotatable bonds is 12. The lowest BCUT2D eigenvalue weighted by molar-refractivity contribution is 0.566. The van der Waals surface area contributed by atoms with Crippen molar-refractivity contribution in [3.63, 3.8) is 0 Å².